The Labute approximate surface area is 113 Å². The lowest BCUT2D eigenvalue weighted by atomic mass is 10.1. The summed E-state index contributed by atoms with van der Waals surface area (Å²) in [4.78, 5) is 13.5. The van der Waals surface area contributed by atoms with Gasteiger partial charge in [0, 0.05) is 28.7 Å². The van der Waals surface area contributed by atoms with Crippen LogP contribution in [0.1, 0.15) is 36.2 Å². The summed E-state index contributed by atoms with van der Waals surface area (Å²) in [6.45, 7) is 1.97. The van der Waals surface area contributed by atoms with Crippen LogP contribution in [0.4, 0.5) is 5.82 Å². The molecule has 0 fully saturated rings. The predicted octanol–water partition coefficient (Wildman–Crippen LogP) is 2.70. The fraction of sp³-hybridized carbons (Fsp3) is 0.400. The van der Waals surface area contributed by atoms with Crippen molar-refractivity contribution in [3.63, 3.8) is 0 Å². The van der Waals surface area contributed by atoms with Crippen molar-refractivity contribution < 1.29 is 0 Å². The minimum Gasteiger partial charge on any atom is -0.383 e. The number of anilines is 1. The summed E-state index contributed by atoms with van der Waals surface area (Å²) in [7, 11) is 0. The molecule has 4 nitrogen and oxygen atoms in total. The van der Waals surface area contributed by atoms with Gasteiger partial charge in [-0.15, -0.1) is 0 Å². The van der Waals surface area contributed by atoms with Gasteiger partial charge >= 0.3 is 0 Å². The molecule has 0 radical (unpaired) electrons. The van der Waals surface area contributed by atoms with Gasteiger partial charge in [0.25, 0.3) is 0 Å². The first-order valence-corrected chi connectivity index (χ1v) is 6.82. The highest BCUT2D eigenvalue weighted by atomic mass is 15.0. The van der Waals surface area contributed by atoms with E-state index in [1.807, 2.05) is 25.3 Å². The molecule has 1 aliphatic carbocycles. The Morgan fingerprint density at radius 2 is 1.89 bits per heavy atom. The second kappa shape index (κ2) is 4.96. The van der Waals surface area contributed by atoms with Crippen molar-refractivity contribution in [2.24, 2.45) is 0 Å². The fourth-order valence-corrected chi connectivity index (χ4v) is 2.53. The van der Waals surface area contributed by atoms with E-state index in [0.29, 0.717) is 11.6 Å². The van der Waals surface area contributed by atoms with Gasteiger partial charge in [0.1, 0.15) is 5.82 Å². The van der Waals surface area contributed by atoms with Crippen molar-refractivity contribution >= 4 is 5.82 Å². The molecular formula is C15H18N4. The van der Waals surface area contributed by atoms with Crippen LogP contribution in [0, 0.1) is 6.92 Å². The van der Waals surface area contributed by atoms with Gasteiger partial charge < -0.3 is 5.73 Å². The molecule has 0 bridgehead atoms. The third-order valence-electron chi connectivity index (χ3n) is 3.63. The van der Waals surface area contributed by atoms with Crippen LogP contribution < -0.4 is 5.73 Å². The van der Waals surface area contributed by atoms with Crippen LogP contribution in [0.15, 0.2) is 18.3 Å². The van der Waals surface area contributed by atoms with Gasteiger partial charge in [-0.2, -0.15) is 0 Å². The van der Waals surface area contributed by atoms with Gasteiger partial charge in [0.2, 0.25) is 0 Å². The summed E-state index contributed by atoms with van der Waals surface area (Å²) in [6, 6.07) is 3.97. The molecule has 2 N–H and O–H groups in total. The quantitative estimate of drug-likeness (QED) is 0.795. The molecule has 0 aromatic carbocycles. The first-order chi connectivity index (χ1) is 9.24. The van der Waals surface area contributed by atoms with Crippen LogP contribution in [-0.4, -0.2) is 15.0 Å². The number of hydrogen-bond donors (Lipinski definition) is 1. The van der Waals surface area contributed by atoms with Gasteiger partial charge in [-0.05, 0) is 44.7 Å². The van der Waals surface area contributed by atoms with E-state index in [0.717, 1.165) is 35.4 Å². The highest BCUT2D eigenvalue weighted by molar-refractivity contribution is 5.58. The van der Waals surface area contributed by atoms with Crippen LogP contribution in [0.3, 0.4) is 0 Å². The van der Waals surface area contributed by atoms with Crippen molar-refractivity contribution in [1.29, 1.82) is 0 Å². The number of nitrogen functional groups attached to an aromatic ring is 1. The van der Waals surface area contributed by atoms with E-state index in [2.05, 4.69) is 9.97 Å². The predicted molar refractivity (Wildman–Crippen MR) is 75.7 cm³/mol. The third kappa shape index (κ3) is 2.43. The highest BCUT2D eigenvalue weighted by Gasteiger charge is 2.15. The average molecular weight is 254 g/mol. The van der Waals surface area contributed by atoms with E-state index in [4.69, 9.17) is 10.7 Å². The maximum Gasteiger partial charge on any atom is 0.163 e. The molecular weight excluding hydrogens is 236 g/mol. The van der Waals surface area contributed by atoms with Crippen molar-refractivity contribution in [2.45, 2.75) is 39.0 Å². The molecule has 2 aromatic heterocycles. The van der Waals surface area contributed by atoms with E-state index >= 15 is 0 Å². The maximum absolute atomic E-state index is 6.11. The number of fused-ring (bicyclic) bond motifs is 1. The zero-order valence-electron chi connectivity index (χ0n) is 11.2. The number of nitrogens with zero attached hydrogens (tertiary/aromatic N) is 3. The van der Waals surface area contributed by atoms with Crippen LogP contribution >= 0.6 is 0 Å². The topological polar surface area (TPSA) is 64.7 Å². The third-order valence-corrected chi connectivity index (χ3v) is 3.63. The number of pyridine rings is 1. The Kier molecular flexibility index (Phi) is 3.15. The summed E-state index contributed by atoms with van der Waals surface area (Å²) in [5.41, 5.74) is 10.3. The Morgan fingerprint density at radius 3 is 2.68 bits per heavy atom. The maximum atomic E-state index is 6.11. The Hall–Kier alpha value is -1.97. The van der Waals surface area contributed by atoms with Crippen LogP contribution in [0.25, 0.3) is 11.4 Å². The van der Waals surface area contributed by atoms with Crippen LogP contribution in [0.5, 0.6) is 0 Å². The molecule has 2 heterocycles. The second-order valence-corrected chi connectivity index (χ2v) is 5.11. The van der Waals surface area contributed by atoms with Crippen molar-refractivity contribution in [3.8, 4) is 11.4 Å². The fourth-order valence-electron chi connectivity index (χ4n) is 2.53. The van der Waals surface area contributed by atoms with Gasteiger partial charge in [-0.25, -0.2) is 9.97 Å². The number of nitrogens with two attached hydrogens (primary N) is 1. The van der Waals surface area contributed by atoms with Gasteiger partial charge in [-0.3, -0.25) is 4.98 Å². The van der Waals surface area contributed by atoms with Crippen molar-refractivity contribution in [1.82, 2.24) is 15.0 Å². The second-order valence-electron chi connectivity index (χ2n) is 5.11. The zero-order chi connectivity index (χ0) is 13.2. The lowest BCUT2D eigenvalue weighted by molar-refractivity contribution is 0.709. The minimum absolute atomic E-state index is 0.641. The molecule has 4 heteroatoms. The summed E-state index contributed by atoms with van der Waals surface area (Å²) in [6.07, 6.45) is 7.45. The average Bonchev–Trinajstić information content (AvgIpc) is 2.65. The standard InChI is InChI=1S/C15H18N4/c1-10-7-8-11(9-17-10)15-18-13-6-4-2-3-5-12(13)14(16)19-15/h7-9H,2-6H2,1H3,(H2,16,18,19). The van der Waals surface area contributed by atoms with Gasteiger partial charge in [-0.1, -0.05) is 6.42 Å². The molecule has 98 valence electrons. The Bertz CT molecular complexity index is 590. The van der Waals surface area contributed by atoms with Crippen molar-refractivity contribution in [3.05, 3.63) is 35.3 Å². The Morgan fingerprint density at radius 1 is 1.05 bits per heavy atom. The van der Waals surface area contributed by atoms with E-state index in [-0.39, 0.29) is 0 Å². The largest absolute Gasteiger partial charge is 0.383 e. The van der Waals surface area contributed by atoms with Crippen molar-refractivity contribution in [2.75, 3.05) is 5.73 Å². The van der Waals surface area contributed by atoms with Gasteiger partial charge in [0.05, 0.1) is 0 Å². The molecule has 0 saturated carbocycles. The lowest BCUT2D eigenvalue weighted by Crippen LogP contribution is -2.06. The molecule has 0 saturated heterocycles. The number of rotatable bonds is 1. The first-order valence-electron chi connectivity index (χ1n) is 6.82. The zero-order valence-corrected chi connectivity index (χ0v) is 11.2. The number of aryl methyl sites for hydroxylation is 2. The molecule has 2 aromatic rings. The molecule has 0 unspecified atom stereocenters. The summed E-state index contributed by atoms with van der Waals surface area (Å²) >= 11 is 0. The molecule has 0 amide bonds. The monoisotopic (exact) mass is 254 g/mol. The van der Waals surface area contributed by atoms with E-state index in [1.165, 1.54) is 19.3 Å². The van der Waals surface area contributed by atoms with E-state index in [9.17, 15) is 0 Å². The summed E-state index contributed by atoms with van der Waals surface area (Å²) < 4.78 is 0. The minimum atomic E-state index is 0.641. The Balaban J connectivity index is 2.06. The molecule has 1 aliphatic rings. The smallest absolute Gasteiger partial charge is 0.163 e. The SMILES string of the molecule is Cc1ccc(-c2nc(N)c3c(n2)CCCCC3)cn1. The highest BCUT2D eigenvalue weighted by Crippen LogP contribution is 2.25. The molecule has 0 spiro atoms. The number of hydrogen-bond acceptors (Lipinski definition) is 4. The van der Waals surface area contributed by atoms with Gasteiger partial charge in [0.15, 0.2) is 5.82 Å². The van der Waals surface area contributed by atoms with Crippen LogP contribution in [0.2, 0.25) is 0 Å². The normalized spacial score (nSPS) is 14.8. The summed E-state index contributed by atoms with van der Waals surface area (Å²) in [5.74, 6) is 1.34. The molecule has 19 heavy (non-hydrogen) atoms. The van der Waals surface area contributed by atoms with E-state index < -0.39 is 0 Å². The molecule has 0 aliphatic heterocycles. The summed E-state index contributed by atoms with van der Waals surface area (Å²) in [5, 5.41) is 0. The molecule has 3 rings (SSSR count). The number of aromatic nitrogens is 3. The first kappa shape index (κ1) is 12.1. The lowest BCUT2D eigenvalue weighted by Gasteiger charge is -2.10. The van der Waals surface area contributed by atoms with E-state index in [1.54, 1.807) is 0 Å². The van der Waals surface area contributed by atoms with Crippen LogP contribution in [-0.2, 0) is 12.8 Å². The molecule has 0 atom stereocenters.